The predicted octanol–water partition coefficient (Wildman–Crippen LogP) is 4.05. The van der Waals surface area contributed by atoms with Gasteiger partial charge in [0.05, 0.1) is 4.47 Å². The van der Waals surface area contributed by atoms with E-state index in [1.54, 1.807) is 0 Å². The second-order valence-corrected chi connectivity index (χ2v) is 5.01. The van der Waals surface area contributed by atoms with E-state index >= 15 is 0 Å². The molecule has 0 spiro atoms. The topological polar surface area (TPSA) is 21.3 Å². The molecule has 1 aromatic carbocycles. The van der Waals surface area contributed by atoms with Gasteiger partial charge in [0.1, 0.15) is 18.2 Å². The van der Waals surface area contributed by atoms with Gasteiger partial charge in [-0.2, -0.15) is 0 Å². The minimum Gasteiger partial charge on any atom is -0.375 e. The Morgan fingerprint density at radius 2 is 1.95 bits per heavy atom. The monoisotopic (exact) mass is 357 g/mol. The molecule has 2 nitrogen and oxygen atoms in total. The van der Waals surface area contributed by atoms with Gasteiger partial charge in [0.25, 0.3) is 6.43 Å². The molecule has 1 atom stereocenters. The molecule has 20 heavy (non-hydrogen) atoms. The zero-order valence-electron chi connectivity index (χ0n) is 10.9. The first-order valence-corrected chi connectivity index (χ1v) is 6.98. The molecule has 0 aliphatic carbocycles. The van der Waals surface area contributed by atoms with Crippen LogP contribution in [0.4, 0.5) is 17.6 Å². The van der Waals surface area contributed by atoms with Gasteiger partial charge in [-0.05, 0) is 41.0 Å². The molecule has 0 amide bonds. The lowest BCUT2D eigenvalue weighted by atomic mass is 10.0. The van der Waals surface area contributed by atoms with Gasteiger partial charge in [0, 0.05) is 18.2 Å². The highest BCUT2D eigenvalue weighted by atomic mass is 79.9. The number of alkyl halides is 2. The van der Waals surface area contributed by atoms with Crippen LogP contribution in [0.3, 0.4) is 0 Å². The summed E-state index contributed by atoms with van der Waals surface area (Å²) in [5.41, 5.74) is 0.160. The van der Waals surface area contributed by atoms with Gasteiger partial charge >= 0.3 is 0 Å². The third-order valence-corrected chi connectivity index (χ3v) is 3.27. The second kappa shape index (κ2) is 8.59. The third kappa shape index (κ3) is 5.38. The number of nitrogens with one attached hydrogen (secondary N) is 1. The zero-order chi connectivity index (χ0) is 15.1. The van der Waals surface area contributed by atoms with Crippen molar-refractivity contribution in [1.29, 1.82) is 0 Å². The molecular formula is C13H16BrF4NO. The molecule has 114 valence electrons. The summed E-state index contributed by atoms with van der Waals surface area (Å²) in [5, 5.41) is 2.99. The molecule has 0 bridgehead atoms. The highest BCUT2D eigenvalue weighted by Crippen LogP contribution is 2.26. The smallest absolute Gasteiger partial charge is 0.261 e. The van der Waals surface area contributed by atoms with E-state index in [0.29, 0.717) is 6.54 Å². The van der Waals surface area contributed by atoms with Crippen molar-refractivity contribution in [3.63, 3.8) is 0 Å². The summed E-state index contributed by atoms with van der Waals surface area (Å²) in [6.07, 6.45) is -2.26. The van der Waals surface area contributed by atoms with E-state index in [1.807, 2.05) is 6.92 Å². The summed E-state index contributed by atoms with van der Waals surface area (Å²) in [6, 6.07) is 1.66. The van der Waals surface area contributed by atoms with Crippen molar-refractivity contribution in [3.05, 3.63) is 33.8 Å². The van der Waals surface area contributed by atoms with Gasteiger partial charge in [-0.25, -0.2) is 17.6 Å². The lowest BCUT2D eigenvalue weighted by Crippen LogP contribution is -2.24. The first-order chi connectivity index (χ1) is 9.45. The Labute approximate surface area is 123 Å². The molecule has 1 aromatic rings. The van der Waals surface area contributed by atoms with Crippen LogP contribution >= 0.6 is 15.9 Å². The van der Waals surface area contributed by atoms with Crippen molar-refractivity contribution >= 4 is 15.9 Å². The average molecular weight is 358 g/mol. The van der Waals surface area contributed by atoms with Crippen LogP contribution in [-0.4, -0.2) is 26.2 Å². The minimum absolute atomic E-state index is 0.0408. The molecule has 0 radical (unpaired) electrons. The molecule has 1 unspecified atom stereocenters. The standard InChI is InChI=1S/C13H16BrF4NO/c1-2-19-12(3-4-20-7-13(17)18)8-5-11(16)9(14)6-10(8)15/h5-6,12-13,19H,2-4,7H2,1H3. The number of rotatable bonds is 8. The SMILES string of the molecule is CCNC(CCOCC(F)F)c1cc(F)c(Br)cc1F. The van der Waals surface area contributed by atoms with Gasteiger partial charge in [-0.1, -0.05) is 6.92 Å². The van der Waals surface area contributed by atoms with Crippen molar-refractivity contribution in [2.24, 2.45) is 0 Å². The minimum atomic E-state index is -2.53. The van der Waals surface area contributed by atoms with Crippen molar-refractivity contribution in [2.75, 3.05) is 19.8 Å². The van der Waals surface area contributed by atoms with E-state index in [-0.39, 0.29) is 23.1 Å². The fraction of sp³-hybridized carbons (Fsp3) is 0.538. The highest BCUT2D eigenvalue weighted by Gasteiger charge is 2.17. The highest BCUT2D eigenvalue weighted by molar-refractivity contribution is 9.10. The van der Waals surface area contributed by atoms with Crippen LogP contribution in [0.25, 0.3) is 0 Å². The summed E-state index contributed by atoms with van der Waals surface area (Å²) in [5.74, 6) is -1.13. The molecule has 0 aliphatic rings. The van der Waals surface area contributed by atoms with Gasteiger partial charge in [-0.3, -0.25) is 0 Å². The normalized spacial score (nSPS) is 12.9. The third-order valence-electron chi connectivity index (χ3n) is 2.66. The van der Waals surface area contributed by atoms with E-state index in [9.17, 15) is 17.6 Å². The van der Waals surface area contributed by atoms with Gasteiger partial charge in [0.2, 0.25) is 0 Å². The molecule has 0 aliphatic heterocycles. The quantitative estimate of drug-likeness (QED) is 0.430. The Hall–Kier alpha value is -0.660. The summed E-state index contributed by atoms with van der Waals surface area (Å²) in [7, 11) is 0. The summed E-state index contributed by atoms with van der Waals surface area (Å²) >= 11 is 2.90. The Bertz CT molecular complexity index is 431. The first-order valence-electron chi connectivity index (χ1n) is 6.19. The summed E-state index contributed by atoms with van der Waals surface area (Å²) < 4.78 is 56.0. The maximum Gasteiger partial charge on any atom is 0.261 e. The van der Waals surface area contributed by atoms with Crippen LogP contribution in [0, 0.1) is 11.6 Å². The molecular weight excluding hydrogens is 342 g/mol. The fourth-order valence-electron chi connectivity index (χ4n) is 1.79. The lowest BCUT2D eigenvalue weighted by molar-refractivity contribution is 0.0143. The number of ether oxygens (including phenoxy) is 1. The van der Waals surface area contributed by atoms with Crippen LogP contribution in [0.5, 0.6) is 0 Å². The summed E-state index contributed by atoms with van der Waals surface area (Å²) in [6.45, 7) is 1.74. The molecule has 0 heterocycles. The fourth-order valence-corrected chi connectivity index (χ4v) is 2.11. The van der Waals surface area contributed by atoms with Crippen LogP contribution in [0.2, 0.25) is 0 Å². The lowest BCUT2D eigenvalue weighted by Gasteiger charge is -2.19. The first kappa shape index (κ1) is 17.4. The Balaban J connectivity index is 2.72. The molecule has 0 saturated carbocycles. The number of hydrogen-bond acceptors (Lipinski definition) is 2. The van der Waals surface area contributed by atoms with Crippen LogP contribution < -0.4 is 5.32 Å². The Morgan fingerprint density at radius 1 is 1.25 bits per heavy atom. The van der Waals surface area contributed by atoms with Crippen LogP contribution in [0.1, 0.15) is 24.9 Å². The zero-order valence-corrected chi connectivity index (χ0v) is 12.5. The van der Waals surface area contributed by atoms with Crippen molar-refractivity contribution in [3.8, 4) is 0 Å². The van der Waals surface area contributed by atoms with Gasteiger partial charge in [-0.15, -0.1) is 0 Å². The average Bonchev–Trinajstić information content (AvgIpc) is 2.37. The number of hydrogen-bond donors (Lipinski definition) is 1. The van der Waals surface area contributed by atoms with Gasteiger partial charge < -0.3 is 10.1 Å². The molecule has 7 heteroatoms. The molecule has 0 saturated heterocycles. The van der Waals surface area contributed by atoms with Gasteiger partial charge in [0.15, 0.2) is 0 Å². The van der Waals surface area contributed by atoms with Crippen LogP contribution in [-0.2, 0) is 4.74 Å². The maximum atomic E-state index is 13.8. The predicted molar refractivity (Wildman–Crippen MR) is 71.9 cm³/mol. The Morgan fingerprint density at radius 3 is 2.55 bits per heavy atom. The largest absolute Gasteiger partial charge is 0.375 e. The second-order valence-electron chi connectivity index (χ2n) is 4.15. The van der Waals surface area contributed by atoms with E-state index < -0.39 is 30.7 Å². The van der Waals surface area contributed by atoms with Crippen molar-refractivity contribution < 1.29 is 22.3 Å². The molecule has 0 aromatic heterocycles. The van der Waals surface area contributed by atoms with E-state index in [4.69, 9.17) is 4.74 Å². The van der Waals surface area contributed by atoms with E-state index in [0.717, 1.165) is 12.1 Å². The molecule has 1 N–H and O–H groups in total. The van der Waals surface area contributed by atoms with E-state index in [1.165, 1.54) is 0 Å². The van der Waals surface area contributed by atoms with Crippen LogP contribution in [0.15, 0.2) is 16.6 Å². The van der Waals surface area contributed by atoms with E-state index in [2.05, 4.69) is 21.2 Å². The number of benzene rings is 1. The summed E-state index contributed by atoms with van der Waals surface area (Å²) in [4.78, 5) is 0. The van der Waals surface area contributed by atoms with Crippen molar-refractivity contribution in [1.82, 2.24) is 5.32 Å². The Kier molecular flexibility index (Phi) is 7.47. The number of halogens is 5. The van der Waals surface area contributed by atoms with Crippen molar-refractivity contribution in [2.45, 2.75) is 25.8 Å². The maximum absolute atomic E-state index is 13.8. The molecule has 0 fully saturated rings. The molecule has 1 rings (SSSR count).